The van der Waals surface area contributed by atoms with Gasteiger partial charge in [0.2, 0.25) is 0 Å². The van der Waals surface area contributed by atoms with Gasteiger partial charge < -0.3 is 10.0 Å². The van der Waals surface area contributed by atoms with Gasteiger partial charge in [0.05, 0.1) is 12.6 Å². The van der Waals surface area contributed by atoms with Crippen LogP contribution in [0.4, 0.5) is 0 Å². The summed E-state index contributed by atoms with van der Waals surface area (Å²) in [5.41, 5.74) is 3.84. The van der Waals surface area contributed by atoms with Crippen LogP contribution in [-0.4, -0.2) is 38.8 Å². The average Bonchev–Trinajstić information content (AvgIpc) is 3.40. The number of nitrogens with one attached hydrogen (secondary N) is 1. The number of carbonyl (C=O) groups excluding carboxylic acids is 1. The molecule has 5 nitrogen and oxygen atoms in total. The Morgan fingerprint density at radius 1 is 1.24 bits per heavy atom. The minimum absolute atomic E-state index is 0.00978. The summed E-state index contributed by atoms with van der Waals surface area (Å²) in [7, 11) is 0. The summed E-state index contributed by atoms with van der Waals surface area (Å²) in [4.78, 5) is 15.2. The minimum atomic E-state index is -0.122. The number of fused-ring (bicyclic) bond motifs is 1. The van der Waals surface area contributed by atoms with Gasteiger partial charge in [0.15, 0.2) is 5.69 Å². The van der Waals surface area contributed by atoms with Crippen molar-refractivity contribution < 1.29 is 9.90 Å². The normalized spacial score (nSPS) is 17.8. The van der Waals surface area contributed by atoms with Crippen molar-refractivity contribution in [3.63, 3.8) is 0 Å². The molecule has 1 aromatic carbocycles. The van der Waals surface area contributed by atoms with Crippen LogP contribution in [0.15, 0.2) is 30.3 Å². The van der Waals surface area contributed by atoms with E-state index in [1.165, 1.54) is 0 Å². The van der Waals surface area contributed by atoms with Crippen LogP contribution in [0.1, 0.15) is 53.0 Å². The van der Waals surface area contributed by atoms with E-state index in [2.05, 4.69) is 10.2 Å². The highest BCUT2D eigenvalue weighted by molar-refractivity contribution is 5.94. The fraction of sp³-hybridized carbons (Fsp3) is 0.500. The van der Waals surface area contributed by atoms with Gasteiger partial charge in [-0.3, -0.25) is 9.89 Å². The van der Waals surface area contributed by atoms with Crippen molar-refractivity contribution in [2.24, 2.45) is 5.92 Å². The number of hydrogen-bond acceptors (Lipinski definition) is 3. The molecule has 0 saturated heterocycles. The van der Waals surface area contributed by atoms with Crippen molar-refractivity contribution in [1.29, 1.82) is 0 Å². The van der Waals surface area contributed by atoms with Gasteiger partial charge in [0.1, 0.15) is 0 Å². The van der Waals surface area contributed by atoms with E-state index < -0.39 is 0 Å². The van der Waals surface area contributed by atoms with Crippen molar-refractivity contribution in [1.82, 2.24) is 15.1 Å². The maximum atomic E-state index is 13.3. The summed E-state index contributed by atoms with van der Waals surface area (Å²) in [5, 5.41) is 17.4. The van der Waals surface area contributed by atoms with Gasteiger partial charge in [-0.2, -0.15) is 5.10 Å². The highest BCUT2D eigenvalue weighted by atomic mass is 16.3. The van der Waals surface area contributed by atoms with E-state index in [0.717, 1.165) is 55.3 Å². The van der Waals surface area contributed by atoms with Gasteiger partial charge in [-0.15, -0.1) is 0 Å². The summed E-state index contributed by atoms with van der Waals surface area (Å²) in [6.07, 6.45) is 6.32. The van der Waals surface area contributed by atoms with Crippen LogP contribution >= 0.6 is 0 Å². The largest absolute Gasteiger partial charge is 0.394 e. The van der Waals surface area contributed by atoms with Crippen molar-refractivity contribution in [3.8, 4) is 0 Å². The molecule has 2 N–H and O–H groups in total. The van der Waals surface area contributed by atoms with Crippen LogP contribution in [0.25, 0.3) is 0 Å². The lowest BCUT2D eigenvalue weighted by Gasteiger charge is -2.31. The fourth-order valence-corrected chi connectivity index (χ4v) is 3.90. The molecule has 1 heterocycles. The number of amides is 1. The van der Waals surface area contributed by atoms with Crippen molar-refractivity contribution >= 4 is 5.91 Å². The molecule has 1 amide bonds. The van der Waals surface area contributed by atoms with Crippen LogP contribution in [0.5, 0.6) is 0 Å². The monoisotopic (exact) mass is 339 g/mol. The number of aromatic amines is 1. The summed E-state index contributed by atoms with van der Waals surface area (Å²) < 4.78 is 0. The molecule has 4 rings (SSSR count). The second-order valence-corrected chi connectivity index (χ2v) is 7.24. The van der Waals surface area contributed by atoms with E-state index in [4.69, 9.17) is 0 Å². The molecule has 2 aliphatic carbocycles. The number of aliphatic hydroxyl groups is 1. The first-order chi connectivity index (χ1) is 12.3. The lowest BCUT2D eigenvalue weighted by molar-refractivity contribution is 0.0524. The first-order valence-corrected chi connectivity index (χ1v) is 9.30. The molecule has 2 aliphatic rings. The summed E-state index contributed by atoms with van der Waals surface area (Å²) in [6.45, 7) is 0.527. The third-order valence-electron chi connectivity index (χ3n) is 5.47. The molecule has 0 radical (unpaired) electrons. The Bertz CT molecular complexity index is 737. The Morgan fingerprint density at radius 3 is 2.72 bits per heavy atom. The lowest BCUT2D eigenvalue weighted by Crippen LogP contribution is -2.44. The SMILES string of the molecule is O=C(c1n[nH]c2c1CCCC2)N(Cc1ccccc1)[C@H](CO)C1CC1. The smallest absolute Gasteiger partial charge is 0.275 e. The van der Waals surface area contributed by atoms with E-state index in [9.17, 15) is 9.90 Å². The Kier molecular flexibility index (Phi) is 4.57. The zero-order valence-corrected chi connectivity index (χ0v) is 14.4. The zero-order valence-electron chi connectivity index (χ0n) is 14.4. The van der Waals surface area contributed by atoms with E-state index in [1.807, 2.05) is 35.2 Å². The van der Waals surface area contributed by atoms with Crippen LogP contribution < -0.4 is 0 Å². The topological polar surface area (TPSA) is 69.2 Å². The number of hydrogen-bond donors (Lipinski definition) is 2. The molecule has 1 fully saturated rings. The Balaban J connectivity index is 1.64. The molecule has 0 aliphatic heterocycles. The standard InChI is InChI=1S/C20H25N3O2/c24-13-18(15-10-11-15)23(12-14-6-2-1-3-7-14)20(25)19-16-8-4-5-9-17(16)21-22-19/h1-3,6-7,15,18,24H,4-5,8-13H2,(H,21,22)/t18-/m1/s1. The molecule has 25 heavy (non-hydrogen) atoms. The van der Waals surface area contributed by atoms with Crippen LogP contribution in [0, 0.1) is 5.92 Å². The number of H-pyrrole nitrogens is 1. The van der Waals surface area contributed by atoms with Gasteiger partial charge in [-0.05, 0) is 50.0 Å². The Labute approximate surface area is 148 Å². The van der Waals surface area contributed by atoms with Gasteiger partial charge in [0, 0.05) is 17.8 Å². The van der Waals surface area contributed by atoms with E-state index in [1.54, 1.807) is 0 Å². The van der Waals surface area contributed by atoms with Crippen molar-refractivity contribution in [2.75, 3.05) is 6.61 Å². The molecular weight excluding hydrogens is 314 g/mol. The molecule has 132 valence electrons. The number of aryl methyl sites for hydroxylation is 1. The molecule has 5 heteroatoms. The van der Waals surface area contributed by atoms with Crippen LogP contribution in [0.2, 0.25) is 0 Å². The number of aromatic nitrogens is 2. The lowest BCUT2D eigenvalue weighted by atomic mass is 9.95. The summed E-state index contributed by atoms with van der Waals surface area (Å²) in [6, 6.07) is 9.88. The molecule has 2 aromatic rings. The third-order valence-corrected chi connectivity index (χ3v) is 5.47. The van der Waals surface area contributed by atoms with Crippen LogP contribution in [0.3, 0.4) is 0 Å². The number of nitrogens with zero attached hydrogens (tertiary/aromatic N) is 2. The second-order valence-electron chi connectivity index (χ2n) is 7.24. The number of carbonyl (C=O) groups is 1. The average molecular weight is 339 g/mol. The maximum Gasteiger partial charge on any atom is 0.275 e. The quantitative estimate of drug-likeness (QED) is 0.850. The van der Waals surface area contributed by atoms with Gasteiger partial charge >= 0.3 is 0 Å². The zero-order chi connectivity index (χ0) is 17.2. The number of rotatable bonds is 6. The van der Waals surface area contributed by atoms with E-state index >= 15 is 0 Å². The number of benzene rings is 1. The summed E-state index contributed by atoms with van der Waals surface area (Å²) >= 11 is 0. The molecular formula is C20H25N3O2. The van der Waals surface area contributed by atoms with E-state index in [-0.39, 0.29) is 18.6 Å². The minimum Gasteiger partial charge on any atom is -0.394 e. The highest BCUT2D eigenvalue weighted by Gasteiger charge is 2.38. The fourth-order valence-electron chi connectivity index (χ4n) is 3.90. The predicted octanol–water partition coefficient (Wildman–Crippen LogP) is 2.70. The molecule has 0 unspecified atom stereocenters. The third kappa shape index (κ3) is 3.33. The van der Waals surface area contributed by atoms with E-state index in [0.29, 0.717) is 18.2 Å². The van der Waals surface area contributed by atoms with Gasteiger partial charge in [0.25, 0.3) is 5.91 Å². The Morgan fingerprint density at radius 2 is 2.00 bits per heavy atom. The van der Waals surface area contributed by atoms with Gasteiger partial charge in [-0.1, -0.05) is 30.3 Å². The summed E-state index contributed by atoms with van der Waals surface area (Å²) in [5.74, 6) is 0.363. The first-order valence-electron chi connectivity index (χ1n) is 9.30. The van der Waals surface area contributed by atoms with Gasteiger partial charge in [-0.25, -0.2) is 0 Å². The number of aliphatic hydroxyl groups excluding tert-OH is 1. The maximum absolute atomic E-state index is 13.3. The molecule has 0 bridgehead atoms. The first kappa shape index (κ1) is 16.3. The molecule has 0 spiro atoms. The predicted molar refractivity (Wildman–Crippen MR) is 95.1 cm³/mol. The van der Waals surface area contributed by atoms with Crippen molar-refractivity contribution in [2.45, 2.75) is 51.1 Å². The highest BCUT2D eigenvalue weighted by Crippen LogP contribution is 2.36. The van der Waals surface area contributed by atoms with Crippen LogP contribution in [-0.2, 0) is 19.4 Å². The molecule has 1 atom stereocenters. The molecule has 1 saturated carbocycles. The molecule has 1 aromatic heterocycles. The Hall–Kier alpha value is -2.14. The second kappa shape index (κ2) is 7.00. The van der Waals surface area contributed by atoms with Crippen molar-refractivity contribution in [3.05, 3.63) is 52.8 Å².